The standard InChI is InChI=1S/C11H13N3OS/c1-2-8(12)11(15)14-7-3-4-9-10(5-7)16-6-13-9/h3-6,8H,2,12H2,1H3,(H,14,15). The summed E-state index contributed by atoms with van der Waals surface area (Å²) in [6, 6.07) is 5.19. The van der Waals surface area contributed by atoms with E-state index >= 15 is 0 Å². The number of nitrogens with one attached hydrogen (secondary N) is 1. The van der Waals surface area contributed by atoms with Crippen LogP contribution in [0.25, 0.3) is 10.2 Å². The molecule has 0 aliphatic rings. The van der Waals surface area contributed by atoms with Crippen LogP contribution in [0.15, 0.2) is 23.7 Å². The van der Waals surface area contributed by atoms with E-state index in [0.717, 1.165) is 15.9 Å². The minimum atomic E-state index is -0.447. The molecule has 1 unspecified atom stereocenters. The first kappa shape index (κ1) is 11.0. The Bertz CT molecular complexity index is 509. The quantitative estimate of drug-likeness (QED) is 0.854. The summed E-state index contributed by atoms with van der Waals surface area (Å²) in [5.74, 6) is -0.147. The summed E-state index contributed by atoms with van der Waals surface area (Å²) in [5, 5.41) is 2.79. The number of fused-ring (bicyclic) bond motifs is 1. The molecule has 4 nitrogen and oxygen atoms in total. The average Bonchev–Trinajstić information content (AvgIpc) is 2.75. The van der Waals surface area contributed by atoms with E-state index in [4.69, 9.17) is 5.73 Å². The Kier molecular flexibility index (Phi) is 3.17. The Labute approximate surface area is 97.5 Å². The molecule has 2 aromatic rings. The van der Waals surface area contributed by atoms with Crippen molar-refractivity contribution in [3.8, 4) is 0 Å². The van der Waals surface area contributed by atoms with Gasteiger partial charge in [0.1, 0.15) is 0 Å². The first-order chi connectivity index (χ1) is 7.70. The number of amides is 1. The van der Waals surface area contributed by atoms with E-state index in [1.807, 2.05) is 25.1 Å². The van der Waals surface area contributed by atoms with Crippen LogP contribution in [-0.2, 0) is 4.79 Å². The van der Waals surface area contributed by atoms with Gasteiger partial charge in [-0.2, -0.15) is 0 Å². The number of nitrogens with two attached hydrogens (primary N) is 1. The Hall–Kier alpha value is -1.46. The summed E-state index contributed by atoms with van der Waals surface area (Å²) >= 11 is 1.55. The molecule has 1 aromatic heterocycles. The third-order valence-corrected chi connectivity index (χ3v) is 3.17. The molecule has 0 aliphatic carbocycles. The van der Waals surface area contributed by atoms with Gasteiger partial charge in [0.25, 0.3) is 0 Å². The molecule has 5 heteroatoms. The zero-order valence-corrected chi connectivity index (χ0v) is 9.75. The third kappa shape index (κ3) is 2.20. The molecule has 0 saturated heterocycles. The highest BCUT2D eigenvalue weighted by Crippen LogP contribution is 2.21. The molecule has 1 atom stereocenters. The van der Waals surface area contributed by atoms with Crippen LogP contribution in [0.1, 0.15) is 13.3 Å². The lowest BCUT2D eigenvalue weighted by atomic mass is 10.2. The minimum absolute atomic E-state index is 0.147. The summed E-state index contributed by atoms with van der Waals surface area (Å²) in [6.45, 7) is 1.89. The van der Waals surface area contributed by atoms with Gasteiger partial charge in [0.15, 0.2) is 0 Å². The van der Waals surface area contributed by atoms with Gasteiger partial charge in [-0.05, 0) is 24.6 Å². The molecule has 16 heavy (non-hydrogen) atoms. The number of aromatic nitrogens is 1. The molecule has 2 rings (SSSR count). The number of benzene rings is 1. The minimum Gasteiger partial charge on any atom is -0.325 e. The van der Waals surface area contributed by atoms with Gasteiger partial charge in [-0.3, -0.25) is 4.79 Å². The van der Waals surface area contributed by atoms with Crippen molar-refractivity contribution in [2.45, 2.75) is 19.4 Å². The van der Waals surface area contributed by atoms with Gasteiger partial charge in [0.2, 0.25) is 5.91 Å². The Balaban J connectivity index is 2.17. The number of thiazole rings is 1. The van der Waals surface area contributed by atoms with Crippen LogP contribution < -0.4 is 11.1 Å². The topological polar surface area (TPSA) is 68.0 Å². The maximum Gasteiger partial charge on any atom is 0.241 e. The second kappa shape index (κ2) is 4.59. The van der Waals surface area contributed by atoms with Crippen LogP contribution in [0, 0.1) is 0 Å². The van der Waals surface area contributed by atoms with E-state index in [1.54, 1.807) is 16.8 Å². The van der Waals surface area contributed by atoms with Crippen molar-refractivity contribution in [3.05, 3.63) is 23.7 Å². The van der Waals surface area contributed by atoms with Gasteiger partial charge in [-0.15, -0.1) is 11.3 Å². The number of rotatable bonds is 3. The molecule has 1 aromatic carbocycles. The van der Waals surface area contributed by atoms with Crippen molar-refractivity contribution in [1.82, 2.24) is 4.98 Å². The fourth-order valence-electron chi connectivity index (χ4n) is 1.35. The Morgan fingerprint density at radius 2 is 2.44 bits per heavy atom. The lowest BCUT2D eigenvalue weighted by Crippen LogP contribution is -2.34. The van der Waals surface area contributed by atoms with Crippen molar-refractivity contribution >= 4 is 33.1 Å². The lowest BCUT2D eigenvalue weighted by molar-refractivity contribution is -0.117. The number of carbonyl (C=O) groups excluding carboxylic acids is 1. The molecule has 0 aliphatic heterocycles. The molecular formula is C11H13N3OS. The van der Waals surface area contributed by atoms with Gasteiger partial charge >= 0.3 is 0 Å². The average molecular weight is 235 g/mol. The fraction of sp³-hybridized carbons (Fsp3) is 0.273. The van der Waals surface area contributed by atoms with E-state index in [1.165, 1.54) is 0 Å². The molecule has 1 heterocycles. The van der Waals surface area contributed by atoms with Crippen LogP contribution in [-0.4, -0.2) is 16.9 Å². The van der Waals surface area contributed by atoms with E-state index in [2.05, 4.69) is 10.3 Å². The first-order valence-electron chi connectivity index (χ1n) is 5.10. The van der Waals surface area contributed by atoms with E-state index < -0.39 is 6.04 Å². The number of carbonyl (C=O) groups is 1. The smallest absolute Gasteiger partial charge is 0.241 e. The van der Waals surface area contributed by atoms with Crippen LogP contribution in [0.2, 0.25) is 0 Å². The second-order valence-corrected chi connectivity index (χ2v) is 4.43. The van der Waals surface area contributed by atoms with Crippen LogP contribution in [0.3, 0.4) is 0 Å². The molecule has 3 N–H and O–H groups in total. The SMILES string of the molecule is CCC(N)C(=O)Nc1ccc2ncsc2c1. The summed E-state index contributed by atoms with van der Waals surface area (Å²) in [7, 11) is 0. The lowest BCUT2D eigenvalue weighted by Gasteiger charge is -2.09. The molecule has 0 saturated carbocycles. The molecule has 0 spiro atoms. The summed E-state index contributed by atoms with van der Waals surface area (Å²) in [5.41, 5.74) is 9.14. The van der Waals surface area contributed by atoms with E-state index in [9.17, 15) is 4.79 Å². The summed E-state index contributed by atoms with van der Waals surface area (Å²) < 4.78 is 1.06. The number of anilines is 1. The number of hydrogen-bond acceptors (Lipinski definition) is 4. The largest absolute Gasteiger partial charge is 0.325 e. The second-order valence-electron chi connectivity index (χ2n) is 3.54. The van der Waals surface area contributed by atoms with Crippen molar-refractivity contribution in [2.75, 3.05) is 5.32 Å². The summed E-state index contributed by atoms with van der Waals surface area (Å²) in [6.07, 6.45) is 0.634. The zero-order valence-electron chi connectivity index (χ0n) is 8.93. The van der Waals surface area contributed by atoms with Crippen molar-refractivity contribution in [2.24, 2.45) is 5.73 Å². The number of nitrogens with zero attached hydrogens (tertiary/aromatic N) is 1. The summed E-state index contributed by atoms with van der Waals surface area (Å²) in [4.78, 5) is 15.7. The maximum atomic E-state index is 11.6. The van der Waals surface area contributed by atoms with Crippen molar-refractivity contribution < 1.29 is 4.79 Å². The fourth-order valence-corrected chi connectivity index (χ4v) is 2.07. The molecule has 1 amide bonds. The van der Waals surface area contributed by atoms with Gasteiger partial charge in [-0.25, -0.2) is 4.98 Å². The number of hydrogen-bond donors (Lipinski definition) is 2. The van der Waals surface area contributed by atoms with Crippen molar-refractivity contribution in [1.29, 1.82) is 0 Å². The van der Waals surface area contributed by atoms with Gasteiger partial charge in [0, 0.05) is 5.69 Å². The van der Waals surface area contributed by atoms with E-state index in [0.29, 0.717) is 6.42 Å². The molecule has 0 fully saturated rings. The van der Waals surface area contributed by atoms with E-state index in [-0.39, 0.29) is 5.91 Å². The Morgan fingerprint density at radius 3 is 3.19 bits per heavy atom. The normalized spacial score (nSPS) is 12.6. The first-order valence-corrected chi connectivity index (χ1v) is 5.98. The molecule has 84 valence electrons. The zero-order chi connectivity index (χ0) is 11.5. The predicted molar refractivity (Wildman–Crippen MR) is 66.5 cm³/mol. The highest BCUT2D eigenvalue weighted by molar-refractivity contribution is 7.16. The van der Waals surface area contributed by atoms with Crippen molar-refractivity contribution in [3.63, 3.8) is 0 Å². The molecule has 0 bridgehead atoms. The highest BCUT2D eigenvalue weighted by atomic mass is 32.1. The van der Waals surface area contributed by atoms with Gasteiger partial charge in [-0.1, -0.05) is 6.92 Å². The van der Waals surface area contributed by atoms with Crippen LogP contribution >= 0.6 is 11.3 Å². The molecule has 0 radical (unpaired) electrons. The predicted octanol–water partition coefficient (Wildman–Crippen LogP) is 1.97. The maximum absolute atomic E-state index is 11.6. The van der Waals surface area contributed by atoms with Crippen LogP contribution in [0.4, 0.5) is 5.69 Å². The van der Waals surface area contributed by atoms with Gasteiger partial charge in [0.05, 0.1) is 21.8 Å². The third-order valence-electron chi connectivity index (χ3n) is 2.38. The Morgan fingerprint density at radius 1 is 1.62 bits per heavy atom. The molecular weight excluding hydrogens is 222 g/mol. The monoisotopic (exact) mass is 235 g/mol. The van der Waals surface area contributed by atoms with Crippen LogP contribution in [0.5, 0.6) is 0 Å². The van der Waals surface area contributed by atoms with Gasteiger partial charge < -0.3 is 11.1 Å². The highest BCUT2D eigenvalue weighted by Gasteiger charge is 2.11.